The Kier molecular flexibility index (Phi) is 6.00. The summed E-state index contributed by atoms with van der Waals surface area (Å²) in [6.07, 6.45) is 3.06. The van der Waals surface area contributed by atoms with E-state index in [2.05, 4.69) is 10.6 Å². The van der Waals surface area contributed by atoms with E-state index < -0.39 is 5.97 Å². The molecule has 7 heteroatoms. The Balaban J connectivity index is 1.77. The van der Waals surface area contributed by atoms with Gasteiger partial charge in [-0.1, -0.05) is 6.92 Å². The van der Waals surface area contributed by atoms with Gasteiger partial charge in [-0.25, -0.2) is 4.79 Å². The highest BCUT2D eigenvalue weighted by atomic mass is 16.5. The first-order chi connectivity index (χ1) is 11.5. The van der Waals surface area contributed by atoms with Gasteiger partial charge in [0.15, 0.2) is 0 Å². The van der Waals surface area contributed by atoms with Crippen LogP contribution in [-0.4, -0.2) is 29.9 Å². The zero-order chi connectivity index (χ0) is 17.6. The molecule has 0 radical (unpaired) electrons. The molecule has 1 aromatic rings. The summed E-state index contributed by atoms with van der Waals surface area (Å²) in [5, 5.41) is 5.75. The molecule has 1 aliphatic heterocycles. The second kappa shape index (κ2) is 7.99. The molecule has 2 amide bonds. The van der Waals surface area contributed by atoms with Gasteiger partial charge in [0, 0.05) is 18.4 Å². The number of carbonyl (C=O) groups excluding carboxylic acids is 3. The van der Waals surface area contributed by atoms with Crippen LogP contribution >= 0.6 is 0 Å². The van der Waals surface area contributed by atoms with Crippen molar-refractivity contribution in [3.63, 3.8) is 0 Å². The van der Waals surface area contributed by atoms with Gasteiger partial charge in [0.25, 0.3) is 0 Å². The number of carbonyl (C=O) groups is 3. The monoisotopic (exact) mass is 336 g/mol. The number of furan rings is 1. The summed E-state index contributed by atoms with van der Waals surface area (Å²) in [4.78, 5) is 34.9. The fourth-order valence-corrected chi connectivity index (χ4v) is 2.81. The number of esters is 1. The minimum atomic E-state index is -0.517. The maximum Gasteiger partial charge on any atom is 0.374 e. The van der Waals surface area contributed by atoms with E-state index in [1.807, 2.05) is 6.92 Å². The van der Waals surface area contributed by atoms with Crippen LogP contribution in [0.4, 0.5) is 0 Å². The van der Waals surface area contributed by atoms with Gasteiger partial charge in [-0.05, 0) is 38.3 Å². The number of ether oxygens (including phenoxy) is 1. The van der Waals surface area contributed by atoms with Gasteiger partial charge in [-0.15, -0.1) is 0 Å². The van der Waals surface area contributed by atoms with Crippen LogP contribution in [0.15, 0.2) is 16.5 Å². The Morgan fingerprint density at radius 3 is 2.79 bits per heavy atom. The molecule has 0 aromatic carbocycles. The topological polar surface area (TPSA) is 97.6 Å². The van der Waals surface area contributed by atoms with Crippen molar-refractivity contribution in [1.29, 1.82) is 0 Å². The third-order valence-electron chi connectivity index (χ3n) is 4.34. The number of nitrogens with one attached hydrogen (secondary N) is 2. The second-order valence-electron chi connectivity index (χ2n) is 5.95. The molecule has 1 aliphatic rings. The van der Waals surface area contributed by atoms with Crippen LogP contribution in [0.3, 0.4) is 0 Å². The Morgan fingerprint density at radius 2 is 2.17 bits per heavy atom. The highest BCUT2D eigenvalue weighted by Gasteiger charge is 2.35. The molecule has 1 fully saturated rings. The summed E-state index contributed by atoms with van der Waals surface area (Å²) < 4.78 is 10.2. The summed E-state index contributed by atoms with van der Waals surface area (Å²) in [6.45, 7) is 4.23. The maximum absolute atomic E-state index is 12.0. The molecule has 1 saturated heterocycles. The Hall–Kier alpha value is -2.31. The van der Waals surface area contributed by atoms with Crippen LogP contribution in [0, 0.1) is 0 Å². The van der Waals surface area contributed by atoms with Crippen LogP contribution in [0.5, 0.6) is 0 Å². The van der Waals surface area contributed by atoms with Gasteiger partial charge in [0.05, 0.1) is 13.2 Å². The van der Waals surface area contributed by atoms with Crippen LogP contribution < -0.4 is 10.6 Å². The Bertz CT molecular complexity index is 610. The van der Waals surface area contributed by atoms with Gasteiger partial charge in [0.2, 0.25) is 17.6 Å². The van der Waals surface area contributed by atoms with Crippen LogP contribution in [0.2, 0.25) is 0 Å². The Labute approximate surface area is 141 Å². The first kappa shape index (κ1) is 18.0. The molecule has 1 atom stereocenters. The van der Waals surface area contributed by atoms with Gasteiger partial charge >= 0.3 is 5.97 Å². The van der Waals surface area contributed by atoms with Crippen molar-refractivity contribution in [3.05, 3.63) is 23.7 Å². The fourth-order valence-electron chi connectivity index (χ4n) is 2.81. The van der Waals surface area contributed by atoms with Crippen molar-refractivity contribution in [1.82, 2.24) is 10.6 Å². The van der Waals surface area contributed by atoms with Gasteiger partial charge in [0.1, 0.15) is 5.76 Å². The molecule has 2 heterocycles. The molecular formula is C17H24N2O5. The smallest absolute Gasteiger partial charge is 0.374 e. The first-order valence-corrected chi connectivity index (χ1v) is 8.31. The summed E-state index contributed by atoms with van der Waals surface area (Å²) >= 11 is 0. The standard InChI is InChI=1S/C17H24N2O5/c1-3-17(10-8-15(21)19-17)9-7-14(20)18-11-12-5-6-13(24-12)16(22)23-4-2/h5-6H,3-4,7-11H2,1-2H3,(H,18,20)(H,19,21)/t17-/m0/s1. The fraction of sp³-hybridized carbons (Fsp3) is 0.588. The van der Waals surface area contributed by atoms with Crippen LogP contribution in [0.1, 0.15) is 62.3 Å². The van der Waals surface area contributed by atoms with Crippen molar-refractivity contribution in [2.45, 2.75) is 58.0 Å². The third kappa shape index (κ3) is 4.59. The SMILES string of the molecule is CCOC(=O)c1ccc(CNC(=O)CC[C@@]2(CC)CCC(=O)N2)o1. The van der Waals surface area contributed by atoms with Gasteiger partial charge in [-0.2, -0.15) is 0 Å². The lowest BCUT2D eigenvalue weighted by molar-refractivity contribution is -0.123. The van der Waals surface area contributed by atoms with E-state index in [-0.39, 0.29) is 36.3 Å². The Morgan fingerprint density at radius 1 is 1.38 bits per heavy atom. The van der Waals surface area contributed by atoms with E-state index in [4.69, 9.17) is 9.15 Å². The van der Waals surface area contributed by atoms with E-state index in [9.17, 15) is 14.4 Å². The predicted octanol–water partition coefficient (Wildman–Crippen LogP) is 1.91. The number of hydrogen-bond acceptors (Lipinski definition) is 5. The van der Waals surface area contributed by atoms with Crippen molar-refractivity contribution in [2.24, 2.45) is 0 Å². The van der Waals surface area contributed by atoms with E-state index in [0.29, 0.717) is 25.0 Å². The molecule has 2 N–H and O–H groups in total. The average molecular weight is 336 g/mol. The lowest BCUT2D eigenvalue weighted by Crippen LogP contribution is -2.42. The first-order valence-electron chi connectivity index (χ1n) is 8.31. The largest absolute Gasteiger partial charge is 0.460 e. The van der Waals surface area contributed by atoms with Crippen molar-refractivity contribution >= 4 is 17.8 Å². The number of rotatable bonds is 8. The maximum atomic E-state index is 12.0. The minimum absolute atomic E-state index is 0.0549. The van der Waals surface area contributed by atoms with E-state index in [1.165, 1.54) is 6.07 Å². The average Bonchev–Trinajstić information content (AvgIpc) is 3.19. The van der Waals surface area contributed by atoms with Gasteiger partial charge < -0.3 is 19.8 Å². The van der Waals surface area contributed by atoms with E-state index >= 15 is 0 Å². The van der Waals surface area contributed by atoms with Crippen molar-refractivity contribution in [2.75, 3.05) is 6.61 Å². The summed E-state index contributed by atoms with van der Waals surface area (Å²) in [7, 11) is 0. The molecule has 0 saturated carbocycles. The van der Waals surface area contributed by atoms with Crippen LogP contribution in [0.25, 0.3) is 0 Å². The molecule has 1 aromatic heterocycles. The summed E-state index contributed by atoms with van der Waals surface area (Å²) in [5.74, 6) is 0.0415. The summed E-state index contributed by atoms with van der Waals surface area (Å²) in [6, 6.07) is 3.16. The zero-order valence-corrected chi connectivity index (χ0v) is 14.1. The molecule has 0 spiro atoms. The molecule has 0 aliphatic carbocycles. The number of amides is 2. The molecule has 0 unspecified atom stereocenters. The highest BCUT2D eigenvalue weighted by molar-refractivity contribution is 5.86. The van der Waals surface area contributed by atoms with Crippen LogP contribution in [-0.2, 0) is 20.9 Å². The summed E-state index contributed by atoms with van der Waals surface area (Å²) in [5.41, 5.74) is -0.254. The van der Waals surface area contributed by atoms with E-state index in [0.717, 1.165) is 12.8 Å². The van der Waals surface area contributed by atoms with E-state index in [1.54, 1.807) is 13.0 Å². The lowest BCUT2D eigenvalue weighted by Gasteiger charge is -2.27. The van der Waals surface area contributed by atoms with Crippen molar-refractivity contribution in [3.8, 4) is 0 Å². The predicted molar refractivity (Wildman–Crippen MR) is 86.1 cm³/mol. The van der Waals surface area contributed by atoms with Crippen molar-refractivity contribution < 1.29 is 23.5 Å². The molecule has 24 heavy (non-hydrogen) atoms. The molecule has 2 rings (SSSR count). The molecular weight excluding hydrogens is 312 g/mol. The minimum Gasteiger partial charge on any atom is -0.460 e. The third-order valence-corrected chi connectivity index (χ3v) is 4.34. The quantitative estimate of drug-likeness (QED) is 0.707. The normalized spacial score (nSPS) is 19.8. The van der Waals surface area contributed by atoms with Gasteiger partial charge in [-0.3, -0.25) is 9.59 Å². The molecule has 0 bridgehead atoms. The lowest BCUT2D eigenvalue weighted by atomic mass is 9.89. The second-order valence-corrected chi connectivity index (χ2v) is 5.95. The highest BCUT2D eigenvalue weighted by Crippen LogP contribution is 2.28. The molecule has 7 nitrogen and oxygen atoms in total. The molecule has 132 valence electrons. The zero-order valence-electron chi connectivity index (χ0n) is 14.1. The number of hydrogen-bond donors (Lipinski definition) is 2.